The van der Waals surface area contributed by atoms with E-state index < -0.39 is 0 Å². The van der Waals surface area contributed by atoms with Crippen LogP contribution in [-0.4, -0.2) is 36.7 Å². The van der Waals surface area contributed by atoms with Crippen molar-refractivity contribution in [2.45, 2.75) is 19.1 Å². The molecule has 4 heteroatoms. The third-order valence-corrected chi connectivity index (χ3v) is 4.04. The van der Waals surface area contributed by atoms with E-state index in [9.17, 15) is 4.79 Å². The Labute approximate surface area is 137 Å². The Morgan fingerprint density at radius 2 is 1.70 bits per heavy atom. The second kappa shape index (κ2) is 7.79. The maximum atomic E-state index is 12.2. The number of carbonyl (C=O) groups excluding carboxylic acids is 1. The van der Waals surface area contributed by atoms with Crippen LogP contribution in [0.25, 0.3) is 0 Å². The Morgan fingerprint density at radius 1 is 1.04 bits per heavy atom. The minimum atomic E-state index is -0.228. The summed E-state index contributed by atoms with van der Waals surface area (Å²) in [5, 5.41) is 3.48. The van der Waals surface area contributed by atoms with Crippen LogP contribution in [0.1, 0.15) is 11.1 Å². The highest BCUT2D eigenvalue weighted by atomic mass is 16.6. The van der Waals surface area contributed by atoms with Gasteiger partial charge in [0.15, 0.2) is 0 Å². The summed E-state index contributed by atoms with van der Waals surface area (Å²) in [4.78, 5) is 14.0. The molecule has 1 fully saturated rings. The lowest BCUT2D eigenvalue weighted by molar-refractivity contribution is 0.0849. The highest BCUT2D eigenvalue weighted by molar-refractivity contribution is 5.67. The first-order valence-corrected chi connectivity index (χ1v) is 8.04. The van der Waals surface area contributed by atoms with Gasteiger partial charge in [0, 0.05) is 25.7 Å². The lowest BCUT2D eigenvalue weighted by Crippen LogP contribution is -2.53. The summed E-state index contributed by atoms with van der Waals surface area (Å²) >= 11 is 0. The van der Waals surface area contributed by atoms with Crippen LogP contribution in [0.2, 0.25) is 0 Å². The van der Waals surface area contributed by atoms with Crippen molar-refractivity contribution in [2.75, 3.05) is 19.6 Å². The minimum Gasteiger partial charge on any atom is -0.445 e. The molecule has 1 atom stereocenters. The molecule has 0 aliphatic carbocycles. The van der Waals surface area contributed by atoms with Crippen LogP contribution in [0.4, 0.5) is 4.79 Å². The zero-order chi connectivity index (χ0) is 15.9. The van der Waals surface area contributed by atoms with Crippen molar-refractivity contribution in [3.05, 3.63) is 71.8 Å². The number of nitrogens with zero attached hydrogens (tertiary/aromatic N) is 1. The summed E-state index contributed by atoms with van der Waals surface area (Å²) in [5.74, 6) is 0. The molecule has 3 rings (SSSR count). The Morgan fingerprint density at radius 3 is 2.39 bits per heavy atom. The number of ether oxygens (including phenoxy) is 1. The Balaban J connectivity index is 1.50. The van der Waals surface area contributed by atoms with Gasteiger partial charge in [0.2, 0.25) is 0 Å². The van der Waals surface area contributed by atoms with E-state index in [0.717, 1.165) is 18.5 Å². The van der Waals surface area contributed by atoms with E-state index >= 15 is 0 Å². The van der Waals surface area contributed by atoms with Crippen molar-refractivity contribution in [1.29, 1.82) is 0 Å². The lowest BCUT2D eigenvalue weighted by atomic mass is 10.0. The summed E-state index contributed by atoms with van der Waals surface area (Å²) in [6, 6.07) is 20.4. The topological polar surface area (TPSA) is 41.6 Å². The largest absolute Gasteiger partial charge is 0.445 e. The van der Waals surface area contributed by atoms with Crippen molar-refractivity contribution >= 4 is 6.09 Å². The summed E-state index contributed by atoms with van der Waals surface area (Å²) < 4.78 is 5.43. The molecule has 0 unspecified atom stereocenters. The molecule has 4 nitrogen and oxygen atoms in total. The second-order valence-corrected chi connectivity index (χ2v) is 5.83. The number of hydrogen-bond acceptors (Lipinski definition) is 3. The van der Waals surface area contributed by atoms with Gasteiger partial charge >= 0.3 is 6.09 Å². The standard InChI is InChI=1S/C19H22N2O2/c22-19(23-15-17-9-5-2-6-10-17)21-12-11-20-18(14-21)13-16-7-3-1-4-8-16/h1-10,18,20H,11-15H2/t18-/m1/s1. The molecule has 2 aromatic carbocycles. The van der Waals surface area contributed by atoms with Crippen LogP contribution < -0.4 is 5.32 Å². The zero-order valence-corrected chi connectivity index (χ0v) is 13.2. The molecular weight excluding hydrogens is 288 g/mol. The van der Waals surface area contributed by atoms with Crippen molar-refractivity contribution in [2.24, 2.45) is 0 Å². The van der Waals surface area contributed by atoms with E-state index in [1.54, 1.807) is 4.90 Å². The number of rotatable bonds is 4. The average Bonchev–Trinajstić information content (AvgIpc) is 2.62. The van der Waals surface area contributed by atoms with Gasteiger partial charge < -0.3 is 15.0 Å². The van der Waals surface area contributed by atoms with Crippen LogP contribution >= 0.6 is 0 Å². The van der Waals surface area contributed by atoms with E-state index in [2.05, 4.69) is 17.4 Å². The number of carbonyl (C=O) groups is 1. The predicted octanol–water partition coefficient (Wildman–Crippen LogP) is 2.84. The van der Waals surface area contributed by atoms with Crippen molar-refractivity contribution in [3.63, 3.8) is 0 Å². The van der Waals surface area contributed by atoms with Crippen LogP contribution in [0.5, 0.6) is 0 Å². The molecule has 1 aliphatic rings. The van der Waals surface area contributed by atoms with Crippen LogP contribution in [0, 0.1) is 0 Å². The van der Waals surface area contributed by atoms with Crippen molar-refractivity contribution in [1.82, 2.24) is 10.2 Å². The first kappa shape index (κ1) is 15.6. The highest BCUT2D eigenvalue weighted by Gasteiger charge is 2.24. The van der Waals surface area contributed by atoms with Gasteiger partial charge in [-0.3, -0.25) is 0 Å². The third kappa shape index (κ3) is 4.57. The lowest BCUT2D eigenvalue weighted by Gasteiger charge is -2.33. The fourth-order valence-corrected chi connectivity index (χ4v) is 2.84. The van der Waals surface area contributed by atoms with Crippen LogP contribution in [0.3, 0.4) is 0 Å². The van der Waals surface area contributed by atoms with Gasteiger partial charge in [-0.2, -0.15) is 0 Å². The van der Waals surface area contributed by atoms with Gasteiger partial charge in [-0.15, -0.1) is 0 Å². The molecule has 1 N–H and O–H groups in total. The van der Waals surface area contributed by atoms with Gasteiger partial charge in [0.1, 0.15) is 6.61 Å². The maximum Gasteiger partial charge on any atom is 0.410 e. The SMILES string of the molecule is O=C(OCc1ccccc1)N1CCN[C@H](Cc2ccccc2)C1. The van der Waals surface area contributed by atoms with Crippen LogP contribution in [-0.2, 0) is 17.8 Å². The fourth-order valence-electron chi connectivity index (χ4n) is 2.84. The van der Waals surface area contributed by atoms with E-state index in [1.807, 2.05) is 48.5 Å². The normalized spacial score (nSPS) is 17.7. The molecule has 1 aliphatic heterocycles. The number of hydrogen-bond donors (Lipinski definition) is 1. The summed E-state index contributed by atoms with van der Waals surface area (Å²) in [7, 11) is 0. The smallest absolute Gasteiger partial charge is 0.410 e. The molecule has 120 valence electrons. The summed E-state index contributed by atoms with van der Waals surface area (Å²) in [6.45, 7) is 2.51. The molecule has 1 saturated heterocycles. The molecule has 0 aromatic heterocycles. The summed E-state index contributed by atoms with van der Waals surface area (Å²) in [6.07, 6.45) is 0.692. The van der Waals surface area contributed by atoms with Gasteiger partial charge in [-0.1, -0.05) is 60.7 Å². The van der Waals surface area contributed by atoms with Crippen molar-refractivity contribution < 1.29 is 9.53 Å². The van der Waals surface area contributed by atoms with E-state index in [0.29, 0.717) is 19.7 Å². The van der Waals surface area contributed by atoms with E-state index in [4.69, 9.17) is 4.74 Å². The second-order valence-electron chi connectivity index (χ2n) is 5.83. The van der Waals surface area contributed by atoms with Crippen molar-refractivity contribution in [3.8, 4) is 0 Å². The molecule has 0 bridgehead atoms. The molecule has 0 radical (unpaired) electrons. The molecule has 2 aromatic rings. The number of piperazine rings is 1. The number of amides is 1. The maximum absolute atomic E-state index is 12.2. The predicted molar refractivity (Wildman–Crippen MR) is 90.1 cm³/mol. The summed E-state index contributed by atoms with van der Waals surface area (Å²) in [5.41, 5.74) is 2.29. The first-order valence-electron chi connectivity index (χ1n) is 8.04. The Kier molecular flexibility index (Phi) is 5.27. The average molecular weight is 310 g/mol. The minimum absolute atomic E-state index is 0.228. The number of nitrogens with one attached hydrogen (secondary N) is 1. The molecule has 0 saturated carbocycles. The fraction of sp³-hybridized carbons (Fsp3) is 0.316. The molecule has 1 amide bonds. The molecule has 0 spiro atoms. The zero-order valence-electron chi connectivity index (χ0n) is 13.2. The number of benzene rings is 2. The van der Waals surface area contributed by atoms with E-state index in [1.165, 1.54) is 5.56 Å². The Hall–Kier alpha value is -2.33. The van der Waals surface area contributed by atoms with E-state index in [-0.39, 0.29) is 12.1 Å². The molecule has 23 heavy (non-hydrogen) atoms. The van der Waals surface area contributed by atoms with Gasteiger partial charge in [0.05, 0.1) is 0 Å². The molecule has 1 heterocycles. The Bertz CT molecular complexity index is 616. The van der Waals surface area contributed by atoms with Crippen LogP contribution in [0.15, 0.2) is 60.7 Å². The molecular formula is C19H22N2O2. The monoisotopic (exact) mass is 310 g/mol. The van der Waals surface area contributed by atoms with Gasteiger partial charge in [-0.25, -0.2) is 4.79 Å². The quantitative estimate of drug-likeness (QED) is 0.944. The van der Waals surface area contributed by atoms with Gasteiger partial charge in [-0.05, 0) is 17.5 Å². The first-order chi connectivity index (χ1) is 11.3. The highest BCUT2D eigenvalue weighted by Crippen LogP contribution is 2.10. The third-order valence-electron chi connectivity index (χ3n) is 4.04. The van der Waals surface area contributed by atoms with Gasteiger partial charge in [0.25, 0.3) is 0 Å².